The van der Waals surface area contributed by atoms with Crippen LogP contribution < -0.4 is 15.5 Å². The number of H-pyrrole nitrogens is 1. The molecule has 0 spiro atoms. The van der Waals surface area contributed by atoms with E-state index in [9.17, 15) is 14.7 Å². The van der Waals surface area contributed by atoms with Gasteiger partial charge in [-0.3, -0.25) is 14.7 Å². The van der Waals surface area contributed by atoms with Crippen molar-refractivity contribution in [3.63, 3.8) is 0 Å². The maximum absolute atomic E-state index is 12.2. The highest BCUT2D eigenvalue weighted by atomic mass is 16.4. The van der Waals surface area contributed by atoms with E-state index in [0.29, 0.717) is 31.7 Å². The molecule has 2 amide bonds. The number of amides is 2. The number of anilines is 2. The van der Waals surface area contributed by atoms with Gasteiger partial charge in [0.05, 0.1) is 5.52 Å². The summed E-state index contributed by atoms with van der Waals surface area (Å²) in [5.41, 5.74) is 6.29. The lowest BCUT2D eigenvalue weighted by molar-refractivity contribution is -0.119. The fraction of sp³-hybridized carbons (Fsp3) is 0.367. The lowest BCUT2D eigenvalue weighted by atomic mass is 9.92. The first-order valence-electron chi connectivity index (χ1n) is 13.5. The fourth-order valence-electron chi connectivity index (χ4n) is 5.48. The van der Waals surface area contributed by atoms with Crippen molar-refractivity contribution in [3.05, 3.63) is 66.0 Å². The molecule has 1 unspecified atom stereocenters. The zero-order valence-electron chi connectivity index (χ0n) is 21.8. The van der Waals surface area contributed by atoms with E-state index in [-0.39, 0.29) is 11.8 Å². The van der Waals surface area contributed by atoms with E-state index in [1.807, 2.05) is 42.6 Å². The summed E-state index contributed by atoms with van der Waals surface area (Å²) in [5.74, 6) is 0.101. The van der Waals surface area contributed by atoms with Crippen molar-refractivity contribution in [2.75, 3.05) is 29.9 Å². The Bertz CT molecular complexity index is 1450. The van der Waals surface area contributed by atoms with Crippen molar-refractivity contribution >= 4 is 45.2 Å². The molecule has 4 N–H and O–H groups in total. The van der Waals surface area contributed by atoms with Crippen molar-refractivity contribution < 1.29 is 14.7 Å². The number of carboxylic acid groups (broad SMARTS) is 1. The Labute approximate surface area is 222 Å². The number of aromatic nitrogens is 2. The van der Waals surface area contributed by atoms with Crippen LogP contribution in [-0.2, 0) is 17.6 Å². The fourth-order valence-corrected chi connectivity index (χ4v) is 5.48. The predicted molar refractivity (Wildman–Crippen MR) is 152 cm³/mol. The minimum atomic E-state index is -0.970. The van der Waals surface area contributed by atoms with E-state index < -0.39 is 6.09 Å². The molecule has 0 saturated carbocycles. The van der Waals surface area contributed by atoms with Crippen LogP contribution in [0.25, 0.3) is 21.8 Å². The third-order valence-electron chi connectivity index (χ3n) is 7.50. The van der Waals surface area contributed by atoms with E-state index in [1.54, 1.807) is 0 Å². The van der Waals surface area contributed by atoms with Gasteiger partial charge in [-0.25, -0.2) is 4.79 Å². The van der Waals surface area contributed by atoms with Gasteiger partial charge >= 0.3 is 6.09 Å². The smallest absolute Gasteiger partial charge is 0.411 e. The number of pyridine rings is 1. The van der Waals surface area contributed by atoms with Crippen LogP contribution in [0, 0.1) is 5.92 Å². The molecule has 2 aromatic heterocycles. The van der Waals surface area contributed by atoms with Gasteiger partial charge in [0.2, 0.25) is 5.91 Å². The lowest BCUT2D eigenvalue weighted by Crippen LogP contribution is -2.33. The van der Waals surface area contributed by atoms with Gasteiger partial charge in [0.1, 0.15) is 0 Å². The SMILES string of the molecule is CC(=O)NCCC(CCN(C(=O)O)c1ccc2[nH]ccc2c1)CNc1c2c(nc3ccccc13)CCCC2. The molecule has 2 heterocycles. The summed E-state index contributed by atoms with van der Waals surface area (Å²) >= 11 is 0. The number of hydrogen-bond acceptors (Lipinski definition) is 4. The second kappa shape index (κ2) is 11.5. The molecule has 8 heteroatoms. The van der Waals surface area contributed by atoms with E-state index in [0.717, 1.165) is 59.6 Å². The standard InChI is InChI=1S/C30H35N5O3/c1-20(36)31-15-12-21(14-17-35(30(37)38)23-10-11-26-22(18-23)13-16-32-26)19-33-29-24-6-2-4-8-27(24)34-28-9-5-3-7-25(28)29/h2,4,6,8,10-11,13,16,18,21,32H,3,5,7,9,12,14-15,17,19H2,1H3,(H,31,36)(H,33,34)(H,37,38). The van der Waals surface area contributed by atoms with E-state index in [1.165, 1.54) is 23.1 Å². The molecule has 4 aromatic rings. The molecule has 2 aromatic carbocycles. The Hall–Kier alpha value is -4.07. The Balaban J connectivity index is 1.35. The van der Waals surface area contributed by atoms with Crippen molar-refractivity contribution in [2.45, 2.75) is 45.4 Å². The molecule has 1 aliphatic rings. The molecule has 1 atom stereocenters. The lowest BCUT2D eigenvalue weighted by Gasteiger charge is -2.26. The second-order valence-electron chi connectivity index (χ2n) is 10.1. The van der Waals surface area contributed by atoms with Gasteiger partial charge < -0.3 is 20.7 Å². The largest absolute Gasteiger partial charge is 0.465 e. The molecule has 8 nitrogen and oxygen atoms in total. The van der Waals surface area contributed by atoms with Crippen LogP contribution in [0.4, 0.5) is 16.2 Å². The van der Waals surface area contributed by atoms with Gasteiger partial charge in [0.25, 0.3) is 0 Å². The highest BCUT2D eigenvalue weighted by Gasteiger charge is 2.21. The molecule has 0 aliphatic heterocycles. The highest BCUT2D eigenvalue weighted by Crippen LogP contribution is 2.33. The molecule has 0 bridgehead atoms. The molecule has 0 radical (unpaired) electrons. The number of rotatable bonds is 10. The number of carbonyl (C=O) groups excluding carboxylic acids is 1. The van der Waals surface area contributed by atoms with Gasteiger partial charge in [-0.05, 0) is 80.3 Å². The first-order valence-corrected chi connectivity index (χ1v) is 13.5. The number of para-hydroxylation sites is 1. The van der Waals surface area contributed by atoms with Crippen molar-refractivity contribution in [3.8, 4) is 0 Å². The number of nitrogens with one attached hydrogen (secondary N) is 3. The van der Waals surface area contributed by atoms with Crippen LogP contribution in [0.2, 0.25) is 0 Å². The Morgan fingerprint density at radius 2 is 1.95 bits per heavy atom. The van der Waals surface area contributed by atoms with Crippen LogP contribution in [0.15, 0.2) is 54.7 Å². The number of aryl methyl sites for hydroxylation is 1. The Morgan fingerprint density at radius 1 is 1.11 bits per heavy atom. The summed E-state index contributed by atoms with van der Waals surface area (Å²) in [7, 11) is 0. The van der Waals surface area contributed by atoms with Crippen molar-refractivity contribution in [1.29, 1.82) is 0 Å². The number of aromatic amines is 1. The average Bonchev–Trinajstić information content (AvgIpc) is 3.38. The topological polar surface area (TPSA) is 110 Å². The number of benzene rings is 2. The molecule has 1 aliphatic carbocycles. The second-order valence-corrected chi connectivity index (χ2v) is 10.1. The minimum absolute atomic E-state index is 0.0575. The molecule has 0 fully saturated rings. The third-order valence-corrected chi connectivity index (χ3v) is 7.50. The van der Waals surface area contributed by atoms with Crippen molar-refractivity contribution in [1.82, 2.24) is 15.3 Å². The third kappa shape index (κ3) is 5.74. The zero-order chi connectivity index (χ0) is 26.5. The number of hydrogen-bond donors (Lipinski definition) is 4. The molecule has 5 rings (SSSR count). The summed E-state index contributed by atoms with van der Waals surface area (Å²) in [6.45, 7) is 3.13. The normalized spacial score (nSPS) is 13.7. The van der Waals surface area contributed by atoms with Gasteiger partial charge in [-0.15, -0.1) is 0 Å². The highest BCUT2D eigenvalue weighted by molar-refractivity contribution is 5.94. The number of carbonyl (C=O) groups is 2. The first-order chi connectivity index (χ1) is 18.5. The van der Waals surface area contributed by atoms with Crippen LogP contribution in [0.5, 0.6) is 0 Å². The Kier molecular flexibility index (Phi) is 7.77. The summed E-state index contributed by atoms with van der Waals surface area (Å²) in [4.78, 5) is 33.2. The quantitative estimate of drug-likeness (QED) is 0.217. The van der Waals surface area contributed by atoms with Gasteiger partial charge in [-0.2, -0.15) is 0 Å². The van der Waals surface area contributed by atoms with Crippen LogP contribution in [0.3, 0.4) is 0 Å². The van der Waals surface area contributed by atoms with E-state index in [2.05, 4.69) is 27.8 Å². The number of nitrogens with zero attached hydrogens (tertiary/aromatic N) is 2. The van der Waals surface area contributed by atoms with Gasteiger partial charge in [-0.1, -0.05) is 18.2 Å². The monoisotopic (exact) mass is 513 g/mol. The summed E-state index contributed by atoms with van der Waals surface area (Å²) in [6, 6.07) is 15.9. The maximum Gasteiger partial charge on any atom is 0.411 e. The van der Waals surface area contributed by atoms with Crippen LogP contribution in [-0.4, -0.2) is 46.7 Å². The first kappa shape index (κ1) is 25.6. The summed E-state index contributed by atoms with van der Waals surface area (Å²) in [5, 5.41) is 18.8. The Morgan fingerprint density at radius 3 is 2.79 bits per heavy atom. The molecule has 38 heavy (non-hydrogen) atoms. The summed E-state index contributed by atoms with van der Waals surface area (Å²) < 4.78 is 0. The maximum atomic E-state index is 12.2. The van der Waals surface area contributed by atoms with Crippen molar-refractivity contribution in [2.24, 2.45) is 5.92 Å². The molecular formula is C30H35N5O3. The van der Waals surface area contributed by atoms with E-state index in [4.69, 9.17) is 4.98 Å². The van der Waals surface area contributed by atoms with Crippen LogP contribution >= 0.6 is 0 Å². The zero-order valence-corrected chi connectivity index (χ0v) is 21.8. The van der Waals surface area contributed by atoms with Gasteiger partial charge in [0, 0.05) is 66.1 Å². The molecule has 0 saturated heterocycles. The minimum Gasteiger partial charge on any atom is -0.465 e. The average molecular weight is 514 g/mol. The van der Waals surface area contributed by atoms with Crippen LogP contribution in [0.1, 0.15) is 43.9 Å². The van der Waals surface area contributed by atoms with Gasteiger partial charge in [0.15, 0.2) is 0 Å². The summed E-state index contributed by atoms with van der Waals surface area (Å²) in [6.07, 6.45) is 6.63. The number of fused-ring (bicyclic) bond motifs is 3. The molecular weight excluding hydrogens is 478 g/mol. The van der Waals surface area contributed by atoms with E-state index >= 15 is 0 Å². The molecule has 198 valence electrons. The predicted octanol–water partition coefficient (Wildman–Crippen LogP) is 5.72.